The minimum atomic E-state index is 0. The Balaban J connectivity index is 0. The van der Waals surface area contributed by atoms with Crippen molar-refractivity contribution in [3.63, 3.8) is 0 Å². The SMILES string of the molecule is CN(C)[C-]=O.[Zn]. The molecule has 0 saturated heterocycles. The van der Waals surface area contributed by atoms with Crippen LogP contribution in [0.5, 0.6) is 0 Å². The molecule has 0 aromatic carbocycles. The van der Waals surface area contributed by atoms with E-state index in [9.17, 15) is 4.79 Å². The Morgan fingerprint density at radius 1 is 1.50 bits per heavy atom. The largest absolute Gasteiger partial charge is 0.522 e. The molecule has 0 fully saturated rings. The number of rotatable bonds is 1. The molecule has 0 spiro atoms. The molecule has 2 nitrogen and oxygen atoms in total. The van der Waals surface area contributed by atoms with Crippen LogP contribution in [0.4, 0.5) is 0 Å². The second-order valence-electron chi connectivity index (χ2n) is 0.986. The van der Waals surface area contributed by atoms with Gasteiger partial charge in [0.2, 0.25) is 0 Å². The first-order valence-electron chi connectivity index (χ1n) is 1.32. The maximum absolute atomic E-state index is 9.31. The van der Waals surface area contributed by atoms with Gasteiger partial charge in [-0.25, -0.2) is 0 Å². The molecule has 0 heterocycles. The third-order valence-electron chi connectivity index (χ3n) is 0.183. The van der Waals surface area contributed by atoms with Gasteiger partial charge in [0.1, 0.15) is 0 Å². The molecule has 0 aromatic heterocycles. The molecule has 0 aliphatic heterocycles. The Bertz CT molecular complexity index is 37.8. The molecule has 0 saturated carbocycles. The number of hydrogen-bond donors (Lipinski definition) is 0. The van der Waals surface area contributed by atoms with Gasteiger partial charge in [-0.05, 0) is 14.1 Å². The summed E-state index contributed by atoms with van der Waals surface area (Å²) in [5.41, 5.74) is 0. The van der Waals surface area contributed by atoms with Crippen LogP contribution in [0.3, 0.4) is 0 Å². The molecule has 3 heteroatoms. The van der Waals surface area contributed by atoms with Crippen LogP contribution in [0.1, 0.15) is 0 Å². The second-order valence-corrected chi connectivity index (χ2v) is 0.986. The maximum atomic E-state index is 9.31. The normalized spacial score (nSPS) is 5.67. The molecule has 0 radical (unpaired) electrons. The zero-order chi connectivity index (χ0) is 4.28. The van der Waals surface area contributed by atoms with Crippen LogP contribution in [0.15, 0.2) is 0 Å². The smallest absolute Gasteiger partial charge is 0 e. The van der Waals surface area contributed by atoms with Crippen molar-refractivity contribution in [2.75, 3.05) is 14.1 Å². The zero-order valence-corrected chi connectivity index (χ0v) is 7.03. The minimum absolute atomic E-state index is 0. The predicted octanol–water partition coefficient (Wildman–Crippen LogP) is -0.387. The Morgan fingerprint density at radius 3 is 1.67 bits per heavy atom. The van der Waals surface area contributed by atoms with E-state index in [0.29, 0.717) is 0 Å². The first-order chi connectivity index (χ1) is 2.27. The molecule has 1 amide bonds. The van der Waals surface area contributed by atoms with Gasteiger partial charge >= 0.3 is 0 Å². The topological polar surface area (TPSA) is 20.3 Å². The van der Waals surface area contributed by atoms with Crippen molar-refractivity contribution in [1.29, 1.82) is 0 Å². The van der Waals surface area contributed by atoms with Crippen LogP contribution in [0, 0.1) is 0 Å². The van der Waals surface area contributed by atoms with Gasteiger partial charge < -0.3 is 9.69 Å². The summed E-state index contributed by atoms with van der Waals surface area (Å²) in [7, 11) is 3.26. The molecular weight excluding hydrogens is 131 g/mol. The summed E-state index contributed by atoms with van der Waals surface area (Å²) in [5, 5.41) is 0. The number of amides is 1. The first kappa shape index (κ1) is 9.43. The summed E-state index contributed by atoms with van der Waals surface area (Å²) in [4.78, 5) is 10.6. The fourth-order valence-corrected chi connectivity index (χ4v) is 0. The summed E-state index contributed by atoms with van der Waals surface area (Å²) in [6, 6.07) is 0. The van der Waals surface area contributed by atoms with Crippen LogP contribution < -0.4 is 0 Å². The summed E-state index contributed by atoms with van der Waals surface area (Å²) in [5.74, 6) is 0. The van der Waals surface area contributed by atoms with Gasteiger partial charge in [-0.15, -0.1) is 0 Å². The zero-order valence-electron chi connectivity index (χ0n) is 4.06. The second kappa shape index (κ2) is 5.09. The van der Waals surface area contributed by atoms with E-state index in [1.807, 2.05) is 0 Å². The van der Waals surface area contributed by atoms with Crippen molar-refractivity contribution < 1.29 is 24.3 Å². The first-order valence-corrected chi connectivity index (χ1v) is 1.32. The van der Waals surface area contributed by atoms with E-state index in [1.54, 1.807) is 20.5 Å². The Kier molecular flexibility index (Phi) is 8.01. The van der Waals surface area contributed by atoms with Gasteiger partial charge in [0, 0.05) is 19.5 Å². The monoisotopic (exact) mass is 136 g/mol. The molecule has 0 rings (SSSR count). The Labute approximate surface area is 50.3 Å². The molecule has 0 N–H and O–H groups in total. The summed E-state index contributed by atoms with van der Waals surface area (Å²) >= 11 is 0. The van der Waals surface area contributed by atoms with E-state index in [4.69, 9.17) is 0 Å². The number of carbonyl (C=O) groups excluding carboxylic acids is 1. The molecule has 0 aliphatic carbocycles. The third kappa shape index (κ3) is 8.94. The van der Waals surface area contributed by atoms with Crippen molar-refractivity contribution in [2.45, 2.75) is 0 Å². The number of nitrogens with zero attached hydrogens (tertiary/aromatic N) is 1. The van der Waals surface area contributed by atoms with Gasteiger partial charge in [0.25, 0.3) is 0 Å². The van der Waals surface area contributed by atoms with Gasteiger partial charge in [-0.2, -0.15) is 6.41 Å². The standard InChI is InChI=1S/C3H6NO.Zn/c1-4(2)3-5;/h1-2H3;/q-1;. The summed E-state index contributed by atoms with van der Waals surface area (Å²) in [6.45, 7) is 0. The Hall–Kier alpha value is 0.0934. The van der Waals surface area contributed by atoms with E-state index in [-0.39, 0.29) is 19.5 Å². The molecule has 0 atom stereocenters. The third-order valence-corrected chi connectivity index (χ3v) is 0.183. The van der Waals surface area contributed by atoms with E-state index in [2.05, 4.69) is 0 Å². The number of hydrogen-bond acceptors (Lipinski definition) is 1. The van der Waals surface area contributed by atoms with E-state index in [1.165, 1.54) is 4.90 Å². The Morgan fingerprint density at radius 2 is 1.67 bits per heavy atom. The minimum Gasteiger partial charge on any atom is -0.522 e. The van der Waals surface area contributed by atoms with Gasteiger partial charge in [-0.3, -0.25) is 0 Å². The molecule has 0 unspecified atom stereocenters. The van der Waals surface area contributed by atoms with Gasteiger partial charge in [0.05, 0.1) is 0 Å². The summed E-state index contributed by atoms with van der Waals surface area (Å²) in [6.07, 6.45) is 1.61. The average Bonchev–Trinajstić information content (AvgIpc) is 1.38. The van der Waals surface area contributed by atoms with Crippen LogP contribution in [-0.4, -0.2) is 25.4 Å². The average molecular weight is 137 g/mol. The van der Waals surface area contributed by atoms with Crippen LogP contribution >= 0.6 is 0 Å². The molecule has 0 aliphatic rings. The van der Waals surface area contributed by atoms with E-state index >= 15 is 0 Å². The molecule has 6 heavy (non-hydrogen) atoms. The van der Waals surface area contributed by atoms with E-state index < -0.39 is 0 Å². The van der Waals surface area contributed by atoms with Crippen LogP contribution in [0.25, 0.3) is 0 Å². The molecule has 0 aromatic rings. The fourth-order valence-electron chi connectivity index (χ4n) is 0. The summed E-state index contributed by atoms with van der Waals surface area (Å²) < 4.78 is 0. The van der Waals surface area contributed by atoms with E-state index in [0.717, 1.165) is 0 Å². The van der Waals surface area contributed by atoms with Crippen molar-refractivity contribution in [3.05, 3.63) is 0 Å². The van der Waals surface area contributed by atoms with Crippen molar-refractivity contribution in [2.24, 2.45) is 0 Å². The maximum Gasteiger partial charge on any atom is 0 e. The molecular formula is C3H6NOZn-. The van der Waals surface area contributed by atoms with Crippen molar-refractivity contribution >= 4 is 6.41 Å². The quantitative estimate of drug-likeness (QED) is 0.274. The molecule has 32 valence electrons. The van der Waals surface area contributed by atoms with Gasteiger partial charge in [-0.1, -0.05) is 0 Å². The van der Waals surface area contributed by atoms with Crippen LogP contribution in [0.2, 0.25) is 0 Å². The van der Waals surface area contributed by atoms with Crippen molar-refractivity contribution in [1.82, 2.24) is 4.90 Å². The van der Waals surface area contributed by atoms with Gasteiger partial charge in [0.15, 0.2) is 0 Å². The van der Waals surface area contributed by atoms with Crippen LogP contribution in [-0.2, 0) is 24.3 Å². The molecule has 0 bridgehead atoms. The predicted molar refractivity (Wildman–Crippen MR) is 19.4 cm³/mol. The van der Waals surface area contributed by atoms with Crippen molar-refractivity contribution in [3.8, 4) is 0 Å². The fraction of sp³-hybridized carbons (Fsp3) is 0.667.